The summed E-state index contributed by atoms with van der Waals surface area (Å²) in [6, 6.07) is 7.99. The van der Waals surface area contributed by atoms with E-state index in [-0.39, 0.29) is 17.8 Å². The topological polar surface area (TPSA) is 78.8 Å². The van der Waals surface area contributed by atoms with Gasteiger partial charge in [-0.1, -0.05) is 30.7 Å². The fourth-order valence-electron chi connectivity index (χ4n) is 3.87. The summed E-state index contributed by atoms with van der Waals surface area (Å²) in [6.45, 7) is 7.32. The van der Waals surface area contributed by atoms with Crippen molar-refractivity contribution in [2.24, 2.45) is 0 Å². The van der Waals surface area contributed by atoms with E-state index in [0.717, 1.165) is 24.3 Å². The number of aromatic nitrogens is 2. The predicted molar refractivity (Wildman–Crippen MR) is 123 cm³/mol. The van der Waals surface area contributed by atoms with E-state index in [0.29, 0.717) is 36.3 Å². The van der Waals surface area contributed by atoms with Gasteiger partial charge in [-0.2, -0.15) is 4.98 Å². The van der Waals surface area contributed by atoms with Crippen molar-refractivity contribution in [3.63, 3.8) is 0 Å². The first-order valence-corrected chi connectivity index (χ1v) is 11.0. The number of rotatable bonds is 9. The molecule has 1 aromatic heterocycles. The number of aliphatic hydroxyl groups excluding tert-OH is 1. The number of halogens is 1. The Morgan fingerprint density at radius 2 is 2.06 bits per heavy atom. The van der Waals surface area contributed by atoms with Crippen LogP contribution in [0.5, 0.6) is 5.75 Å². The number of ketones is 1. The lowest BCUT2D eigenvalue weighted by atomic mass is 9.96. The molecule has 31 heavy (non-hydrogen) atoms. The molecule has 3 atom stereocenters. The molecule has 0 spiro atoms. The van der Waals surface area contributed by atoms with Crippen LogP contribution in [-0.4, -0.2) is 59.7 Å². The molecular weight excluding hydrogens is 416 g/mol. The average molecular weight is 447 g/mol. The lowest BCUT2D eigenvalue weighted by Crippen LogP contribution is -2.30. The van der Waals surface area contributed by atoms with E-state index in [9.17, 15) is 9.90 Å². The second kappa shape index (κ2) is 10.3. The summed E-state index contributed by atoms with van der Waals surface area (Å²) in [5, 5.41) is 10.1. The Kier molecular flexibility index (Phi) is 7.73. The second-order valence-corrected chi connectivity index (χ2v) is 8.83. The molecule has 1 aliphatic rings. The van der Waals surface area contributed by atoms with Crippen LogP contribution < -0.4 is 14.5 Å². The minimum absolute atomic E-state index is 0.0326. The van der Waals surface area contributed by atoms with Crippen LogP contribution in [0.15, 0.2) is 30.5 Å². The minimum atomic E-state index is -0.478. The Bertz CT molecular complexity index is 891. The van der Waals surface area contributed by atoms with Crippen molar-refractivity contribution in [2.45, 2.75) is 51.7 Å². The van der Waals surface area contributed by atoms with Gasteiger partial charge >= 0.3 is 0 Å². The highest BCUT2D eigenvalue weighted by molar-refractivity contribution is 6.32. The standard InChI is InChI=1S/C23H31ClN4O3/c1-15(11-16(2)29)18-5-7-19(8-6-18)31-20-9-10-28(14-20)22-21(24)12-25-23(26-22)27(4)13-17(3)30/h5-8,12,15,17,20,30H,9-11,13-14H2,1-4H3/t15-,17?,20-/m1/s1. The first-order valence-electron chi connectivity index (χ1n) is 10.7. The van der Waals surface area contributed by atoms with Crippen molar-refractivity contribution in [1.82, 2.24) is 9.97 Å². The zero-order valence-electron chi connectivity index (χ0n) is 18.6. The summed E-state index contributed by atoms with van der Waals surface area (Å²) in [4.78, 5) is 24.2. The number of carbonyl (C=O) groups excluding carboxylic acids is 1. The van der Waals surface area contributed by atoms with Crippen LogP contribution >= 0.6 is 11.6 Å². The van der Waals surface area contributed by atoms with Gasteiger partial charge in [0, 0.05) is 33.0 Å². The monoisotopic (exact) mass is 446 g/mol. The summed E-state index contributed by atoms with van der Waals surface area (Å²) in [5.74, 6) is 2.43. The lowest BCUT2D eigenvalue weighted by Gasteiger charge is -2.23. The van der Waals surface area contributed by atoms with Crippen LogP contribution in [0.1, 0.15) is 45.1 Å². The molecule has 0 radical (unpaired) electrons. The number of aliphatic hydroxyl groups is 1. The summed E-state index contributed by atoms with van der Waals surface area (Å²) >= 11 is 6.38. The third-order valence-corrected chi connectivity index (χ3v) is 5.65. The summed E-state index contributed by atoms with van der Waals surface area (Å²) in [7, 11) is 1.84. The number of nitrogens with zero attached hydrogens (tertiary/aromatic N) is 4. The van der Waals surface area contributed by atoms with Gasteiger partial charge in [-0.3, -0.25) is 0 Å². The summed E-state index contributed by atoms with van der Waals surface area (Å²) in [6.07, 6.45) is 2.57. The van der Waals surface area contributed by atoms with E-state index in [2.05, 4.69) is 21.8 Å². The molecule has 1 aromatic carbocycles. The molecule has 168 valence electrons. The van der Waals surface area contributed by atoms with Crippen molar-refractivity contribution < 1.29 is 14.6 Å². The molecule has 1 aliphatic heterocycles. The van der Waals surface area contributed by atoms with Crippen LogP contribution in [0.25, 0.3) is 0 Å². The van der Waals surface area contributed by atoms with E-state index in [1.807, 2.05) is 36.2 Å². The number of anilines is 2. The fourth-order valence-corrected chi connectivity index (χ4v) is 4.08. The Labute approximate surface area is 189 Å². The van der Waals surface area contributed by atoms with Crippen molar-refractivity contribution >= 4 is 29.2 Å². The largest absolute Gasteiger partial charge is 0.489 e. The average Bonchev–Trinajstić information content (AvgIpc) is 3.16. The SMILES string of the molecule is CC(=O)C[C@@H](C)c1ccc(O[C@@H]2CCN(c3nc(N(C)CC(C)O)ncc3Cl)C2)cc1. The van der Waals surface area contributed by atoms with Gasteiger partial charge in [0.05, 0.1) is 18.8 Å². The maximum absolute atomic E-state index is 11.3. The highest BCUT2D eigenvalue weighted by Crippen LogP contribution is 2.30. The lowest BCUT2D eigenvalue weighted by molar-refractivity contribution is -0.117. The van der Waals surface area contributed by atoms with Gasteiger partial charge in [0.1, 0.15) is 22.7 Å². The Hall–Kier alpha value is -2.38. The summed E-state index contributed by atoms with van der Waals surface area (Å²) < 4.78 is 6.17. The van der Waals surface area contributed by atoms with Gasteiger partial charge < -0.3 is 24.4 Å². The van der Waals surface area contributed by atoms with Crippen LogP contribution in [0, 0.1) is 0 Å². The van der Waals surface area contributed by atoms with Crippen molar-refractivity contribution in [3.8, 4) is 5.75 Å². The van der Waals surface area contributed by atoms with Crippen LogP contribution in [-0.2, 0) is 4.79 Å². The minimum Gasteiger partial charge on any atom is -0.489 e. The fraction of sp³-hybridized carbons (Fsp3) is 0.522. The predicted octanol–water partition coefficient (Wildman–Crippen LogP) is 3.69. The number of hydrogen-bond donors (Lipinski definition) is 1. The van der Waals surface area contributed by atoms with E-state index in [1.54, 1.807) is 20.0 Å². The molecule has 1 unspecified atom stereocenters. The van der Waals surface area contributed by atoms with Crippen molar-refractivity contribution in [2.75, 3.05) is 36.5 Å². The first-order chi connectivity index (χ1) is 14.7. The maximum atomic E-state index is 11.3. The quantitative estimate of drug-likeness (QED) is 0.629. The van der Waals surface area contributed by atoms with Crippen LogP contribution in [0.3, 0.4) is 0 Å². The second-order valence-electron chi connectivity index (χ2n) is 8.42. The molecule has 2 heterocycles. The van der Waals surface area contributed by atoms with Crippen molar-refractivity contribution in [1.29, 1.82) is 0 Å². The third-order valence-electron chi connectivity index (χ3n) is 5.38. The molecule has 0 amide bonds. The molecule has 2 aromatic rings. The van der Waals surface area contributed by atoms with Crippen LogP contribution in [0.4, 0.5) is 11.8 Å². The Morgan fingerprint density at radius 3 is 2.71 bits per heavy atom. The highest BCUT2D eigenvalue weighted by atomic mass is 35.5. The van der Waals surface area contributed by atoms with E-state index < -0.39 is 6.10 Å². The van der Waals surface area contributed by atoms with Gasteiger partial charge in [-0.05, 0) is 37.5 Å². The van der Waals surface area contributed by atoms with Gasteiger partial charge in [0.2, 0.25) is 5.95 Å². The van der Waals surface area contributed by atoms with Gasteiger partial charge in [0.15, 0.2) is 5.82 Å². The van der Waals surface area contributed by atoms with E-state index in [4.69, 9.17) is 16.3 Å². The Balaban J connectivity index is 1.62. The molecule has 7 nitrogen and oxygen atoms in total. The maximum Gasteiger partial charge on any atom is 0.227 e. The molecule has 1 fully saturated rings. The molecule has 1 N–H and O–H groups in total. The van der Waals surface area contributed by atoms with E-state index in [1.165, 1.54) is 0 Å². The Morgan fingerprint density at radius 1 is 1.35 bits per heavy atom. The number of benzene rings is 1. The van der Waals surface area contributed by atoms with Crippen LogP contribution in [0.2, 0.25) is 5.02 Å². The first kappa shape index (κ1) is 23.3. The molecule has 0 aliphatic carbocycles. The normalized spacial score (nSPS) is 18.0. The molecule has 8 heteroatoms. The zero-order chi connectivity index (χ0) is 22.5. The van der Waals surface area contributed by atoms with Gasteiger partial charge in [0.25, 0.3) is 0 Å². The highest BCUT2D eigenvalue weighted by Gasteiger charge is 2.27. The molecule has 0 bridgehead atoms. The number of Topliss-reactive ketones (excluding diaryl/α,β-unsaturated/α-hetero) is 1. The smallest absolute Gasteiger partial charge is 0.227 e. The van der Waals surface area contributed by atoms with Gasteiger partial charge in [-0.15, -0.1) is 0 Å². The number of likely N-dealkylation sites (N-methyl/N-ethyl adjacent to an activating group) is 1. The third kappa shape index (κ3) is 6.31. The van der Waals surface area contributed by atoms with E-state index >= 15 is 0 Å². The molecule has 3 rings (SSSR count). The summed E-state index contributed by atoms with van der Waals surface area (Å²) in [5.41, 5.74) is 1.14. The number of hydrogen-bond acceptors (Lipinski definition) is 7. The number of ether oxygens (including phenoxy) is 1. The molecule has 1 saturated heterocycles. The zero-order valence-corrected chi connectivity index (χ0v) is 19.3. The molecule has 0 saturated carbocycles. The molecular formula is C23H31ClN4O3. The van der Waals surface area contributed by atoms with Crippen molar-refractivity contribution in [3.05, 3.63) is 41.0 Å². The van der Waals surface area contributed by atoms with Gasteiger partial charge in [-0.25, -0.2) is 4.98 Å². The number of carbonyl (C=O) groups is 1.